The average Bonchev–Trinajstić information content (AvgIpc) is 2.72. The minimum atomic E-state index is 0.0412. The standard InChI is InChI=1S/C17H29N3O2/c1-12-7-5-6-8-16(12)22-10-9-18-17(21)11-15-13(2)19-20(4)14(15)3/h12,16H,5-11H2,1-4H3,(H,18,21)/t12-,16+/m1/s1. The molecule has 1 amide bonds. The Morgan fingerprint density at radius 3 is 2.73 bits per heavy atom. The Labute approximate surface area is 133 Å². The van der Waals surface area contributed by atoms with Crippen LogP contribution in [0.25, 0.3) is 0 Å². The summed E-state index contributed by atoms with van der Waals surface area (Å²) in [6.07, 6.45) is 5.77. The highest BCUT2D eigenvalue weighted by Crippen LogP contribution is 2.25. The van der Waals surface area contributed by atoms with Gasteiger partial charge >= 0.3 is 0 Å². The van der Waals surface area contributed by atoms with Crippen molar-refractivity contribution in [1.29, 1.82) is 0 Å². The molecule has 1 aliphatic rings. The number of ether oxygens (including phenoxy) is 1. The van der Waals surface area contributed by atoms with Crippen LogP contribution in [0.4, 0.5) is 0 Å². The lowest BCUT2D eigenvalue weighted by Crippen LogP contribution is -2.32. The molecule has 1 N–H and O–H groups in total. The Morgan fingerprint density at radius 1 is 1.36 bits per heavy atom. The van der Waals surface area contributed by atoms with E-state index in [1.165, 1.54) is 19.3 Å². The molecule has 0 saturated heterocycles. The highest BCUT2D eigenvalue weighted by molar-refractivity contribution is 5.79. The topological polar surface area (TPSA) is 56.2 Å². The van der Waals surface area contributed by atoms with E-state index in [1.807, 2.05) is 25.6 Å². The number of amides is 1. The first kappa shape index (κ1) is 17.0. The van der Waals surface area contributed by atoms with Gasteiger partial charge < -0.3 is 10.1 Å². The molecule has 0 aliphatic heterocycles. The van der Waals surface area contributed by atoms with Gasteiger partial charge in [-0.05, 0) is 32.6 Å². The van der Waals surface area contributed by atoms with Crippen molar-refractivity contribution in [3.05, 3.63) is 17.0 Å². The zero-order chi connectivity index (χ0) is 16.1. The van der Waals surface area contributed by atoms with E-state index in [2.05, 4.69) is 17.3 Å². The van der Waals surface area contributed by atoms with Crippen molar-refractivity contribution in [2.24, 2.45) is 13.0 Å². The number of aryl methyl sites for hydroxylation is 2. The predicted molar refractivity (Wildman–Crippen MR) is 86.8 cm³/mol. The van der Waals surface area contributed by atoms with Crippen molar-refractivity contribution in [1.82, 2.24) is 15.1 Å². The number of carbonyl (C=O) groups is 1. The number of aromatic nitrogens is 2. The summed E-state index contributed by atoms with van der Waals surface area (Å²) in [5, 5.41) is 7.29. The van der Waals surface area contributed by atoms with Gasteiger partial charge in [0.2, 0.25) is 5.91 Å². The normalized spacial score (nSPS) is 21.8. The molecule has 1 saturated carbocycles. The minimum Gasteiger partial charge on any atom is -0.376 e. The van der Waals surface area contributed by atoms with Crippen molar-refractivity contribution in [2.75, 3.05) is 13.2 Å². The summed E-state index contributed by atoms with van der Waals surface area (Å²) in [4.78, 5) is 12.0. The van der Waals surface area contributed by atoms with Gasteiger partial charge in [-0.3, -0.25) is 9.48 Å². The maximum Gasteiger partial charge on any atom is 0.224 e. The van der Waals surface area contributed by atoms with Gasteiger partial charge in [-0.25, -0.2) is 0 Å². The fourth-order valence-electron chi connectivity index (χ4n) is 3.23. The van der Waals surface area contributed by atoms with Gasteiger partial charge in [0.05, 0.1) is 24.8 Å². The van der Waals surface area contributed by atoms with Crippen molar-refractivity contribution < 1.29 is 9.53 Å². The molecule has 0 spiro atoms. The lowest BCUT2D eigenvalue weighted by molar-refractivity contribution is -0.120. The maximum atomic E-state index is 12.0. The Bertz CT molecular complexity index is 510. The van der Waals surface area contributed by atoms with Crippen molar-refractivity contribution in [3.8, 4) is 0 Å². The third-order valence-electron chi connectivity index (χ3n) is 4.79. The quantitative estimate of drug-likeness (QED) is 0.820. The van der Waals surface area contributed by atoms with E-state index in [4.69, 9.17) is 4.74 Å². The van der Waals surface area contributed by atoms with Crippen molar-refractivity contribution >= 4 is 5.91 Å². The van der Waals surface area contributed by atoms with E-state index in [1.54, 1.807) is 0 Å². The van der Waals surface area contributed by atoms with Crippen molar-refractivity contribution in [3.63, 3.8) is 0 Å². The molecule has 22 heavy (non-hydrogen) atoms. The van der Waals surface area contributed by atoms with Crippen LogP contribution < -0.4 is 5.32 Å². The predicted octanol–water partition coefficient (Wildman–Crippen LogP) is 2.29. The molecule has 0 bridgehead atoms. The number of nitrogens with zero attached hydrogens (tertiary/aromatic N) is 2. The van der Waals surface area contributed by atoms with Gasteiger partial charge in [-0.2, -0.15) is 5.10 Å². The smallest absolute Gasteiger partial charge is 0.224 e. The maximum absolute atomic E-state index is 12.0. The Balaban J connectivity index is 1.69. The fourth-order valence-corrected chi connectivity index (χ4v) is 3.23. The molecule has 5 heteroatoms. The third kappa shape index (κ3) is 4.32. The first-order valence-corrected chi connectivity index (χ1v) is 8.36. The van der Waals surface area contributed by atoms with Crippen LogP contribution in [-0.4, -0.2) is 34.9 Å². The summed E-state index contributed by atoms with van der Waals surface area (Å²) >= 11 is 0. The van der Waals surface area contributed by atoms with Crippen molar-refractivity contribution in [2.45, 2.75) is 59.0 Å². The van der Waals surface area contributed by atoms with Gasteiger partial charge in [0.25, 0.3) is 0 Å². The Kier molecular flexibility index (Phi) is 6.00. The van der Waals surface area contributed by atoms with Gasteiger partial charge in [-0.15, -0.1) is 0 Å². The minimum absolute atomic E-state index is 0.0412. The van der Waals surface area contributed by atoms with Crippen LogP contribution >= 0.6 is 0 Å². The monoisotopic (exact) mass is 307 g/mol. The molecule has 0 radical (unpaired) electrons. The SMILES string of the molecule is Cc1nn(C)c(C)c1CC(=O)NCCO[C@H]1CCCC[C@H]1C. The van der Waals surface area contributed by atoms with E-state index in [-0.39, 0.29) is 5.91 Å². The molecule has 2 rings (SSSR count). The van der Waals surface area contributed by atoms with Crippen LogP contribution in [-0.2, 0) is 23.0 Å². The van der Waals surface area contributed by atoms with Gasteiger partial charge in [-0.1, -0.05) is 19.8 Å². The molecule has 1 heterocycles. The third-order valence-corrected chi connectivity index (χ3v) is 4.79. The number of carbonyl (C=O) groups excluding carboxylic acids is 1. The number of hydrogen-bond acceptors (Lipinski definition) is 3. The summed E-state index contributed by atoms with van der Waals surface area (Å²) < 4.78 is 7.74. The Morgan fingerprint density at radius 2 is 2.09 bits per heavy atom. The van der Waals surface area contributed by atoms with Gasteiger partial charge in [0.15, 0.2) is 0 Å². The molecule has 5 nitrogen and oxygen atoms in total. The van der Waals surface area contributed by atoms with Crippen LogP contribution in [0.3, 0.4) is 0 Å². The molecule has 1 aliphatic carbocycles. The van der Waals surface area contributed by atoms with Crippen LogP contribution in [0.15, 0.2) is 0 Å². The van der Waals surface area contributed by atoms with Crippen LogP contribution in [0.1, 0.15) is 49.6 Å². The first-order valence-electron chi connectivity index (χ1n) is 8.36. The largest absolute Gasteiger partial charge is 0.376 e. The zero-order valence-electron chi connectivity index (χ0n) is 14.3. The molecule has 1 aromatic rings. The molecule has 1 aromatic heterocycles. The van der Waals surface area contributed by atoms with Crippen LogP contribution in [0.2, 0.25) is 0 Å². The molecular weight excluding hydrogens is 278 g/mol. The number of rotatable bonds is 6. The van der Waals surface area contributed by atoms with Crippen LogP contribution in [0.5, 0.6) is 0 Å². The number of hydrogen-bond donors (Lipinski definition) is 1. The van der Waals surface area contributed by atoms with E-state index < -0.39 is 0 Å². The lowest BCUT2D eigenvalue weighted by Gasteiger charge is -2.28. The van der Waals surface area contributed by atoms with E-state index >= 15 is 0 Å². The molecule has 0 unspecified atom stereocenters. The average molecular weight is 307 g/mol. The van der Waals surface area contributed by atoms with Crippen LogP contribution in [0, 0.1) is 19.8 Å². The summed E-state index contributed by atoms with van der Waals surface area (Å²) in [6.45, 7) is 7.39. The highest BCUT2D eigenvalue weighted by Gasteiger charge is 2.21. The molecular formula is C17H29N3O2. The van der Waals surface area contributed by atoms with E-state index in [9.17, 15) is 4.79 Å². The fraction of sp³-hybridized carbons (Fsp3) is 0.765. The highest BCUT2D eigenvalue weighted by atomic mass is 16.5. The summed E-state index contributed by atoms with van der Waals surface area (Å²) in [6, 6.07) is 0. The molecule has 124 valence electrons. The van der Waals surface area contributed by atoms with Gasteiger partial charge in [0.1, 0.15) is 0 Å². The van der Waals surface area contributed by atoms with E-state index in [0.717, 1.165) is 23.4 Å². The molecule has 2 atom stereocenters. The summed E-state index contributed by atoms with van der Waals surface area (Å²) in [5.74, 6) is 0.685. The second kappa shape index (κ2) is 7.77. The molecule has 1 fully saturated rings. The zero-order valence-corrected chi connectivity index (χ0v) is 14.3. The first-order chi connectivity index (χ1) is 10.5. The lowest BCUT2D eigenvalue weighted by atomic mass is 9.88. The summed E-state index contributed by atoms with van der Waals surface area (Å²) in [7, 11) is 1.91. The van der Waals surface area contributed by atoms with E-state index in [0.29, 0.717) is 31.6 Å². The summed E-state index contributed by atoms with van der Waals surface area (Å²) in [5.41, 5.74) is 3.02. The second-order valence-corrected chi connectivity index (χ2v) is 6.47. The number of nitrogens with one attached hydrogen (secondary N) is 1. The Hall–Kier alpha value is -1.36. The second-order valence-electron chi connectivity index (χ2n) is 6.47. The van der Waals surface area contributed by atoms with Gasteiger partial charge in [0, 0.05) is 24.8 Å². The molecule has 0 aromatic carbocycles.